The van der Waals surface area contributed by atoms with Crippen LogP contribution in [0, 0.1) is 0 Å². The van der Waals surface area contributed by atoms with E-state index < -0.39 is 0 Å². The van der Waals surface area contributed by atoms with Crippen LogP contribution in [-0.4, -0.2) is 29.4 Å². The Balaban J connectivity index is 3.00. The van der Waals surface area contributed by atoms with Crippen molar-refractivity contribution in [2.75, 3.05) is 13.6 Å². The zero-order chi connectivity index (χ0) is 11.4. The molecule has 1 rings (SSSR count). The quantitative estimate of drug-likeness (QED) is 0.787. The van der Waals surface area contributed by atoms with E-state index in [1.807, 2.05) is 6.92 Å². The molecule has 1 amide bonds. The maximum atomic E-state index is 11.8. The lowest BCUT2D eigenvalue weighted by atomic mass is 10.1. The smallest absolute Gasteiger partial charge is 0.253 e. The van der Waals surface area contributed by atoms with Crippen LogP contribution in [0.4, 0.5) is 0 Å². The Labute approximate surface area is 94.9 Å². The van der Waals surface area contributed by atoms with Gasteiger partial charge in [-0.25, -0.2) is 0 Å². The average Bonchev–Trinajstić information content (AvgIpc) is 2.27. The molecule has 0 saturated heterocycles. The van der Waals surface area contributed by atoms with Gasteiger partial charge in [0.15, 0.2) is 0 Å². The maximum Gasteiger partial charge on any atom is 0.253 e. The number of nitrogens with zero attached hydrogens (tertiary/aromatic N) is 1. The van der Waals surface area contributed by atoms with Gasteiger partial charge in [-0.3, -0.25) is 4.79 Å². The highest BCUT2D eigenvalue weighted by Gasteiger charge is 2.10. The van der Waals surface area contributed by atoms with Crippen LogP contribution in [0.1, 0.15) is 22.8 Å². The summed E-state index contributed by atoms with van der Waals surface area (Å²) in [4.78, 5) is 13.7. The minimum atomic E-state index is -0.0180. The SMILES string of the molecule is CCN(C)C(=O)c1cccc(C(N)=S)c1. The van der Waals surface area contributed by atoms with Crippen LogP contribution in [0.15, 0.2) is 24.3 Å². The van der Waals surface area contributed by atoms with Crippen molar-refractivity contribution in [3.8, 4) is 0 Å². The van der Waals surface area contributed by atoms with Crippen molar-refractivity contribution in [3.05, 3.63) is 35.4 Å². The van der Waals surface area contributed by atoms with E-state index in [2.05, 4.69) is 0 Å². The van der Waals surface area contributed by atoms with Gasteiger partial charge in [0.2, 0.25) is 0 Å². The van der Waals surface area contributed by atoms with Gasteiger partial charge < -0.3 is 10.6 Å². The van der Waals surface area contributed by atoms with Crippen molar-refractivity contribution in [1.82, 2.24) is 4.90 Å². The molecule has 0 heterocycles. The third-order valence-corrected chi connectivity index (χ3v) is 2.45. The summed E-state index contributed by atoms with van der Waals surface area (Å²) in [5.41, 5.74) is 6.84. The molecule has 0 aromatic heterocycles. The fraction of sp³-hybridized carbons (Fsp3) is 0.273. The van der Waals surface area contributed by atoms with Crippen LogP contribution < -0.4 is 5.73 Å². The monoisotopic (exact) mass is 222 g/mol. The van der Waals surface area contributed by atoms with E-state index in [0.717, 1.165) is 5.56 Å². The molecule has 1 aromatic rings. The van der Waals surface area contributed by atoms with Crippen LogP contribution >= 0.6 is 12.2 Å². The molecule has 0 aliphatic heterocycles. The first kappa shape index (κ1) is 11.7. The normalized spacial score (nSPS) is 9.73. The number of rotatable bonds is 3. The van der Waals surface area contributed by atoms with Crippen molar-refractivity contribution in [2.24, 2.45) is 5.73 Å². The molecule has 0 spiro atoms. The van der Waals surface area contributed by atoms with E-state index in [1.165, 1.54) is 0 Å². The molecular formula is C11H14N2OS. The summed E-state index contributed by atoms with van der Waals surface area (Å²) in [5.74, 6) is -0.0180. The van der Waals surface area contributed by atoms with Gasteiger partial charge in [-0.1, -0.05) is 24.4 Å². The molecule has 0 aliphatic rings. The van der Waals surface area contributed by atoms with Gasteiger partial charge in [-0.15, -0.1) is 0 Å². The summed E-state index contributed by atoms with van der Waals surface area (Å²) in [5, 5.41) is 0. The lowest BCUT2D eigenvalue weighted by Crippen LogP contribution is -2.26. The number of hydrogen-bond acceptors (Lipinski definition) is 2. The van der Waals surface area contributed by atoms with E-state index in [1.54, 1.807) is 36.2 Å². The summed E-state index contributed by atoms with van der Waals surface area (Å²) >= 11 is 4.86. The van der Waals surface area contributed by atoms with E-state index in [0.29, 0.717) is 17.1 Å². The molecule has 0 radical (unpaired) electrons. The largest absolute Gasteiger partial charge is 0.389 e. The first-order valence-electron chi connectivity index (χ1n) is 4.71. The topological polar surface area (TPSA) is 46.3 Å². The van der Waals surface area contributed by atoms with Crippen molar-refractivity contribution < 1.29 is 4.79 Å². The molecule has 3 nitrogen and oxygen atoms in total. The minimum absolute atomic E-state index is 0.0180. The van der Waals surface area contributed by atoms with Crippen LogP contribution in [0.25, 0.3) is 0 Å². The second kappa shape index (κ2) is 4.89. The van der Waals surface area contributed by atoms with Crippen LogP contribution in [0.3, 0.4) is 0 Å². The van der Waals surface area contributed by atoms with E-state index >= 15 is 0 Å². The Kier molecular flexibility index (Phi) is 3.80. The molecule has 1 aromatic carbocycles. The molecule has 2 N–H and O–H groups in total. The summed E-state index contributed by atoms with van der Waals surface area (Å²) in [6, 6.07) is 7.06. The predicted octanol–water partition coefficient (Wildman–Crippen LogP) is 1.41. The fourth-order valence-electron chi connectivity index (χ4n) is 1.17. The van der Waals surface area contributed by atoms with Gasteiger partial charge in [0.05, 0.1) is 0 Å². The van der Waals surface area contributed by atoms with Crippen LogP contribution in [-0.2, 0) is 0 Å². The molecule has 15 heavy (non-hydrogen) atoms. The Morgan fingerprint density at radius 3 is 2.60 bits per heavy atom. The van der Waals surface area contributed by atoms with Crippen molar-refractivity contribution >= 4 is 23.1 Å². The number of hydrogen-bond donors (Lipinski definition) is 1. The van der Waals surface area contributed by atoms with Crippen LogP contribution in [0.2, 0.25) is 0 Å². The molecule has 0 fully saturated rings. The molecular weight excluding hydrogens is 208 g/mol. The van der Waals surface area contributed by atoms with Crippen molar-refractivity contribution in [2.45, 2.75) is 6.92 Å². The third kappa shape index (κ3) is 2.76. The van der Waals surface area contributed by atoms with E-state index in [4.69, 9.17) is 18.0 Å². The number of carbonyl (C=O) groups is 1. The minimum Gasteiger partial charge on any atom is -0.389 e. The lowest BCUT2D eigenvalue weighted by Gasteiger charge is -2.14. The first-order chi connectivity index (χ1) is 7.06. The number of thiocarbonyl (C=S) groups is 1. The summed E-state index contributed by atoms with van der Waals surface area (Å²) in [6.07, 6.45) is 0. The maximum absolute atomic E-state index is 11.8. The molecule has 0 atom stereocenters. The highest BCUT2D eigenvalue weighted by Crippen LogP contribution is 2.07. The Morgan fingerprint density at radius 1 is 1.47 bits per heavy atom. The summed E-state index contributed by atoms with van der Waals surface area (Å²) in [6.45, 7) is 2.60. The molecule has 0 bridgehead atoms. The number of benzene rings is 1. The lowest BCUT2D eigenvalue weighted by molar-refractivity contribution is 0.0802. The molecule has 0 saturated carbocycles. The Hall–Kier alpha value is -1.42. The zero-order valence-electron chi connectivity index (χ0n) is 8.86. The Morgan fingerprint density at radius 2 is 2.07 bits per heavy atom. The summed E-state index contributed by atoms with van der Waals surface area (Å²) < 4.78 is 0. The average molecular weight is 222 g/mol. The molecule has 0 unspecified atom stereocenters. The van der Waals surface area contributed by atoms with Crippen molar-refractivity contribution in [1.29, 1.82) is 0 Å². The van der Waals surface area contributed by atoms with Gasteiger partial charge in [0, 0.05) is 24.7 Å². The van der Waals surface area contributed by atoms with E-state index in [9.17, 15) is 4.79 Å². The van der Waals surface area contributed by atoms with Gasteiger partial charge in [0.25, 0.3) is 5.91 Å². The Bertz CT molecular complexity index is 390. The van der Waals surface area contributed by atoms with E-state index in [-0.39, 0.29) is 5.91 Å². The highest BCUT2D eigenvalue weighted by molar-refractivity contribution is 7.80. The first-order valence-corrected chi connectivity index (χ1v) is 5.12. The molecule has 80 valence electrons. The van der Waals surface area contributed by atoms with Gasteiger partial charge in [-0.2, -0.15) is 0 Å². The molecule has 4 heteroatoms. The van der Waals surface area contributed by atoms with Crippen LogP contribution in [0.5, 0.6) is 0 Å². The number of carbonyl (C=O) groups excluding carboxylic acids is 1. The third-order valence-electron chi connectivity index (χ3n) is 2.22. The second-order valence-electron chi connectivity index (χ2n) is 3.26. The van der Waals surface area contributed by atoms with Gasteiger partial charge in [-0.05, 0) is 19.1 Å². The standard InChI is InChI=1S/C11H14N2OS/c1-3-13(2)11(14)9-6-4-5-8(7-9)10(12)15/h4-7H,3H2,1-2H3,(H2,12,15). The van der Waals surface area contributed by atoms with Gasteiger partial charge in [0.1, 0.15) is 4.99 Å². The molecule has 0 aliphatic carbocycles. The zero-order valence-corrected chi connectivity index (χ0v) is 9.67. The number of nitrogens with two attached hydrogens (primary N) is 1. The fourth-order valence-corrected chi connectivity index (χ4v) is 1.30. The number of amides is 1. The van der Waals surface area contributed by atoms with Crippen molar-refractivity contribution in [3.63, 3.8) is 0 Å². The van der Waals surface area contributed by atoms with Gasteiger partial charge >= 0.3 is 0 Å². The second-order valence-corrected chi connectivity index (χ2v) is 3.70. The summed E-state index contributed by atoms with van der Waals surface area (Å²) in [7, 11) is 1.76. The predicted molar refractivity (Wildman–Crippen MR) is 65.0 cm³/mol. The highest BCUT2D eigenvalue weighted by atomic mass is 32.1.